The first-order valence-electron chi connectivity index (χ1n) is 7.23. The van der Waals surface area contributed by atoms with Gasteiger partial charge in [0.05, 0.1) is 12.2 Å². The highest BCUT2D eigenvalue weighted by Gasteiger charge is 2.10. The van der Waals surface area contributed by atoms with Crippen molar-refractivity contribution >= 4 is 5.95 Å². The summed E-state index contributed by atoms with van der Waals surface area (Å²) in [6, 6.07) is 17.3. The Balaban J connectivity index is 1.88. The van der Waals surface area contributed by atoms with Crippen molar-refractivity contribution < 1.29 is 0 Å². The van der Waals surface area contributed by atoms with Crippen molar-refractivity contribution in [1.29, 1.82) is 0 Å². The predicted molar refractivity (Wildman–Crippen MR) is 89.2 cm³/mol. The summed E-state index contributed by atoms with van der Waals surface area (Å²) in [5, 5.41) is 1.36. The fourth-order valence-corrected chi connectivity index (χ4v) is 2.32. The van der Waals surface area contributed by atoms with Crippen LogP contribution >= 0.6 is 0 Å². The number of anilines is 1. The van der Waals surface area contributed by atoms with Crippen molar-refractivity contribution in [2.75, 3.05) is 5.01 Å². The van der Waals surface area contributed by atoms with Gasteiger partial charge in [-0.25, -0.2) is 15.6 Å². The second kappa shape index (κ2) is 6.41. The Morgan fingerprint density at radius 3 is 2.48 bits per heavy atom. The molecule has 23 heavy (non-hydrogen) atoms. The summed E-state index contributed by atoms with van der Waals surface area (Å²) in [7, 11) is 0. The summed E-state index contributed by atoms with van der Waals surface area (Å²) in [6.07, 6.45) is 1.46. The average molecular weight is 307 g/mol. The average Bonchev–Trinajstić information content (AvgIpc) is 2.56. The van der Waals surface area contributed by atoms with Gasteiger partial charge >= 0.3 is 5.69 Å². The van der Waals surface area contributed by atoms with E-state index >= 15 is 0 Å². The minimum absolute atomic E-state index is 0.198. The monoisotopic (exact) mass is 307 g/mol. The fraction of sp³-hybridized carbons (Fsp3) is 0.118. The number of hydrogen-bond acceptors (Lipinski definition) is 5. The van der Waals surface area contributed by atoms with Gasteiger partial charge in [-0.3, -0.25) is 9.58 Å². The van der Waals surface area contributed by atoms with E-state index in [9.17, 15) is 4.79 Å². The summed E-state index contributed by atoms with van der Waals surface area (Å²) in [5.41, 5.74) is 2.34. The SMILES string of the molecule is Cc1ccccc1-n1cnc(N(N)Cc2ccccc2)nc1=O. The van der Waals surface area contributed by atoms with Crippen LogP contribution in [-0.2, 0) is 6.54 Å². The van der Waals surface area contributed by atoms with Gasteiger partial charge in [-0.2, -0.15) is 4.98 Å². The van der Waals surface area contributed by atoms with Crippen LogP contribution in [0, 0.1) is 6.92 Å². The Labute approximate surface area is 133 Å². The van der Waals surface area contributed by atoms with E-state index < -0.39 is 5.69 Å². The number of hydrogen-bond donors (Lipinski definition) is 1. The molecule has 2 N–H and O–H groups in total. The van der Waals surface area contributed by atoms with Crippen LogP contribution in [0.2, 0.25) is 0 Å². The molecule has 1 aromatic heterocycles. The van der Waals surface area contributed by atoms with Gasteiger partial charge in [0.1, 0.15) is 6.33 Å². The van der Waals surface area contributed by atoms with Crippen molar-refractivity contribution in [3.8, 4) is 5.69 Å². The lowest BCUT2D eigenvalue weighted by Crippen LogP contribution is -2.35. The van der Waals surface area contributed by atoms with E-state index in [1.54, 1.807) is 0 Å². The number of benzene rings is 2. The number of nitrogens with zero attached hydrogens (tertiary/aromatic N) is 4. The highest BCUT2D eigenvalue weighted by Crippen LogP contribution is 2.11. The Bertz CT molecular complexity index is 860. The standard InChI is InChI=1S/C17H17N5O/c1-13-7-5-6-10-15(13)21-12-19-16(20-17(21)23)22(18)11-14-8-3-2-4-9-14/h2-10,12H,11,18H2,1H3. The highest BCUT2D eigenvalue weighted by molar-refractivity contribution is 5.40. The lowest BCUT2D eigenvalue weighted by molar-refractivity contribution is 0.763. The maximum atomic E-state index is 12.3. The quantitative estimate of drug-likeness (QED) is 0.587. The zero-order chi connectivity index (χ0) is 16.2. The molecule has 3 aromatic rings. The van der Waals surface area contributed by atoms with E-state index in [0.717, 1.165) is 16.8 Å². The van der Waals surface area contributed by atoms with E-state index in [2.05, 4.69) is 9.97 Å². The number of nitrogens with two attached hydrogens (primary N) is 1. The zero-order valence-corrected chi connectivity index (χ0v) is 12.8. The first-order chi connectivity index (χ1) is 11.1. The molecule has 0 aliphatic rings. The summed E-state index contributed by atoms with van der Waals surface area (Å²) >= 11 is 0. The number of aromatic nitrogens is 3. The molecule has 116 valence electrons. The maximum absolute atomic E-state index is 12.3. The minimum atomic E-state index is -0.409. The van der Waals surface area contributed by atoms with Crippen LogP contribution in [0.1, 0.15) is 11.1 Å². The van der Waals surface area contributed by atoms with Gasteiger partial charge in [0, 0.05) is 0 Å². The minimum Gasteiger partial charge on any atom is -0.274 e. The van der Waals surface area contributed by atoms with Crippen LogP contribution in [0.4, 0.5) is 5.95 Å². The Morgan fingerprint density at radius 1 is 1.09 bits per heavy atom. The summed E-state index contributed by atoms with van der Waals surface area (Å²) in [5.74, 6) is 6.17. The molecule has 0 spiro atoms. The first-order valence-corrected chi connectivity index (χ1v) is 7.23. The van der Waals surface area contributed by atoms with Crippen molar-refractivity contribution in [3.05, 3.63) is 82.5 Å². The number of rotatable bonds is 4. The molecule has 1 heterocycles. The van der Waals surface area contributed by atoms with E-state index in [1.807, 2.05) is 61.5 Å². The van der Waals surface area contributed by atoms with Crippen LogP contribution in [-0.4, -0.2) is 14.5 Å². The maximum Gasteiger partial charge on any atom is 0.356 e. The first kappa shape index (κ1) is 14.9. The summed E-state index contributed by atoms with van der Waals surface area (Å²) < 4.78 is 1.41. The smallest absolute Gasteiger partial charge is 0.274 e. The second-order valence-electron chi connectivity index (χ2n) is 5.21. The Kier molecular flexibility index (Phi) is 4.16. The lowest BCUT2D eigenvalue weighted by atomic mass is 10.2. The van der Waals surface area contributed by atoms with Gasteiger partial charge < -0.3 is 0 Å². The van der Waals surface area contributed by atoms with Crippen molar-refractivity contribution in [2.45, 2.75) is 13.5 Å². The Morgan fingerprint density at radius 2 is 1.78 bits per heavy atom. The van der Waals surface area contributed by atoms with E-state index in [-0.39, 0.29) is 5.95 Å². The lowest BCUT2D eigenvalue weighted by Gasteiger charge is -2.16. The molecule has 2 aromatic carbocycles. The van der Waals surface area contributed by atoms with Crippen LogP contribution in [0.15, 0.2) is 65.7 Å². The van der Waals surface area contributed by atoms with Crippen LogP contribution < -0.4 is 16.5 Å². The molecule has 6 heteroatoms. The van der Waals surface area contributed by atoms with Crippen LogP contribution in [0.25, 0.3) is 5.69 Å². The third-order valence-electron chi connectivity index (χ3n) is 3.52. The van der Waals surface area contributed by atoms with Gasteiger partial charge in [0.25, 0.3) is 0 Å². The largest absolute Gasteiger partial charge is 0.356 e. The number of hydrazine groups is 1. The van der Waals surface area contributed by atoms with E-state index in [1.165, 1.54) is 15.9 Å². The van der Waals surface area contributed by atoms with Crippen molar-refractivity contribution in [3.63, 3.8) is 0 Å². The zero-order valence-electron chi connectivity index (χ0n) is 12.8. The molecule has 0 fully saturated rings. The molecule has 0 aliphatic carbocycles. The highest BCUT2D eigenvalue weighted by atomic mass is 16.1. The molecule has 0 atom stereocenters. The molecule has 3 rings (SSSR count). The topological polar surface area (TPSA) is 77.0 Å². The van der Waals surface area contributed by atoms with E-state index in [0.29, 0.717) is 6.54 Å². The third-order valence-corrected chi connectivity index (χ3v) is 3.52. The number of para-hydroxylation sites is 1. The molecule has 0 amide bonds. The molecule has 0 saturated carbocycles. The molecule has 0 unspecified atom stereocenters. The molecule has 6 nitrogen and oxygen atoms in total. The van der Waals surface area contributed by atoms with Gasteiger partial charge in [-0.05, 0) is 24.1 Å². The van der Waals surface area contributed by atoms with Crippen LogP contribution in [0.3, 0.4) is 0 Å². The van der Waals surface area contributed by atoms with Gasteiger partial charge in [0.2, 0.25) is 5.95 Å². The Hall–Kier alpha value is -2.99. The van der Waals surface area contributed by atoms with Crippen molar-refractivity contribution in [1.82, 2.24) is 14.5 Å². The molecular weight excluding hydrogens is 290 g/mol. The van der Waals surface area contributed by atoms with Crippen LogP contribution in [0.5, 0.6) is 0 Å². The molecule has 0 bridgehead atoms. The van der Waals surface area contributed by atoms with E-state index in [4.69, 9.17) is 5.84 Å². The molecule has 0 aliphatic heterocycles. The third kappa shape index (κ3) is 3.27. The van der Waals surface area contributed by atoms with Gasteiger partial charge in [-0.1, -0.05) is 48.5 Å². The van der Waals surface area contributed by atoms with Gasteiger partial charge in [0.15, 0.2) is 0 Å². The fourth-order valence-electron chi connectivity index (χ4n) is 2.32. The van der Waals surface area contributed by atoms with Crippen molar-refractivity contribution in [2.24, 2.45) is 5.84 Å². The summed E-state index contributed by atoms with van der Waals surface area (Å²) in [4.78, 5) is 20.5. The molecular formula is C17H17N5O. The van der Waals surface area contributed by atoms with Gasteiger partial charge in [-0.15, -0.1) is 0 Å². The molecule has 0 radical (unpaired) electrons. The number of aryl methyl sites for hydroxylation is 1. The normalized spacial score (nSPS) is 10.5. The molecule has 0 saturated heterocycles. The predicted octanol–water partition coefficient (Wildman–Crippen LogP) is 1.82. The second-order valence-corrected chi connectivity index (χ2v) is 5.21. The summed E-state index contributed by atoms with van der Waals surface area (Å²) in [6.45, 7) is 2.36.